The first-order valence-electron chi connectivity index (χ1n) is 10.5. The van der Waals surface area contributed by atoms with Crippen LogP contribution in [0.25, 0.3) is 0 Å². The van der Waals surface area contributed by atoms with Crippen LogP contribution in [0.3, 0.4) is 0 Å². The molecule has 2 aliphatic rings. The number of amides is 1. The van der Waals surface area contributed by atoms with Gasteiger partial charge in [-0.3, -0.25) is 4.79 Å². The maximum atomic E-state index is 13.8. The second-order valence-corrected chi connectivity index (χ2v) is 10.0. The first-order valence-corrected chi connectivity index (χ1v) is 12.0. The minimum Gasteiger partial charge on any atom is -0.267 e. The molecule has 2 atom stereocenters. The smallest absolute Gasteiger partial charge is 0.267 e. The topological polar surface area (TPSA) is 78.8 Å². The number of sulfonamides is 1. The van der Waals surface area contributed by atoms with Gasteiger partial charge in [0.2, 0.25) is 10.0 Å². The Balaban J connectivity index is 1.74. The van der Waals surface area contributed by atoms with Crippen molar-refractivity contribution in [3.8, 4) is 0 Å². The molecule has 0 aromatic heterocycles. The number of nitrogens with zero attached hydrogens (tertiary/aromatic N) is 2. The third-order valence-corrected chi connectivity index (χ3v) is 7.76. The average molecular weight is 446 g/mol. The molecule has 3 aromatic rings. The van der Waals surface area contributed by atoms with Crippen molar-refractivity contribution in [3.05, 3.63) is 101 Å². The zero-order valence-electron chi connectivity index (χ0n) is 17.8. The van der Waals surface area contributed by atoms with Crippen molar-refractivity contribution in [1.82, 2.24) is 9.73 Å². The van der Waals surface area contributed by atoms with E-state index in [1.54, 1.807) is 36.4 Å². The summed E-state index contributed by atoms with van der Waals surface area (Å²) in [4.78, 5) is 14.0. The van der Waals surface area contributed by atoms with Gasteiger partial charge < -0.3 is 0 Å². The molecule has 3 aromatic carbocycles. The van der Waals surface area contributed by atoms with E-state index in [-0.39, 0.29) is 16.7 Å². The molecule has 1 spiro atoms. The molecule has 5 rings (SSSR count). The number of hydrogen-bond donors (Lipinski definition) is 1. The van der Waals surface area contributed by atoms with Crippen molar-refractivity contribution < 1.29 is 13.2 Å². The Morgan fingerprint density at radius 3 is 2.38 bits per heavy atom. The lowest BCUT2D eigenvalue weighted by Crippen LogP contribution is -2.60. The highest BCUT2D eigenvalue weighted by atomic mass is 32.2. The summed E-state index contributed by atoms with van der Waals surface area (Å²) < 4.78 is 29.0. The lowest BCUT2D eigenvalue weighted by molar-refractivity contribution is 0.0168. The lowest BCUT2D eigenvalue weighted by Gasteiger charge is -2.45. The Kier molecular flexibility index (Phi) is 4.76. The highest BCUT2D eigenvalue weighted by Crippen LogP contribution is 2.47. The molecule has 0 unspecified atom stereocenters. The minimum absolute atomic E-state index is 0.187. The van der Waals surface area contributed by atoms with Gasteiger partial charge in [0.1, 0.15) is 0 Å². The molecule has 0 saturated carbocycles. The van der Waals surface area contributed by atoms with E-state index in [0.717, 1.165) is 16.8 Å². The Morgan fingerprint density at radius 1 is 1.00 bits per heavy atom. The van der Waals surface area contributed by atoms with Gasteiger partial charge in [-0.25, -0.2) is 13.4 Å². The van der Waals surface area contributed by atoms with Crippen molar-refractivity contribution in [1.29, 1.82) is 0 Å². The van der Waals surface area contributed by atoms with Crippen LogP contribution in [0.2, 0.25) is 0 Å². The number of benzene rings is 3. The monoisotopic (exact) mass is 445 g/mol. The summed E-state index contributed by atoms with van der Waals surface area (Å²) in [7, 11) is -3.80. The van der Waals surface area contributed by atoms with Gasteiger partial charge in [0.05, 0.1) is 10.6 Å². The predicted octanol–water partition coefficient (Wildman–Crippen LogP) is 4.03. The third-order valence-electron chi connectivity index (χ3n) is 6.24. The molecule has 7 heteroatoms. The van der Waals surface area contributed by atoms with Gasteiger partial charge in [0.25, 0.3) is 5.91 Å². The van der Waals surface area contributed by atoms with E-state index in [4.69, 9.17) is 5.10 Å². The second kappa shape index (κ2) is 7.39. The predicted molar refractivity (Wildman–Crippen MR) is 123 cm³/mol. The SMILES string of the molecule is Cc1ccc(C(=O)N2N=C(c3ccccc3)C[C@H](C)[C@]23NS(=O)(=O)c2ccccc23)cc1. The quantitative estimate of drug-likeness (QED) is 0.647. The molecule has 162 valence electrons. The fourth-order valence-electron chi connectivity index (χ4n) is 4.57. The van der Waals surface area contributed by atoms with E-state index < -0.39 is 15.7 Å². The summed E-state index contributed by atoms with van der Waals surface area (Å²) in [6.07, 6.45) is 0.512. The maximum absolute atomic E-state index is 13.8. The molecule has 1 N–H and O–H groups in total. The number of carbonyl (C=O) groups excluding carboxylic acids is 1. The highest BCUT2D eigenvalue weighted by molar-refractivity contribution is 7.89. The van der Waals surface area contributed by atoms with Gasteiger partial charge in [0.15, 0.2) is 5.66 Å². The summed E-state index contributed by atoms with van der Waals surface area (Å²) in [6.45, 7) is 3.91. The molecule has 0 saturated heterocycles. The molecule has 0 fully saturated rings. The van der Waals surface area contributed by atoms with Crippen molar-refractivity contribution in [3.63, 3.8) is 0 Å². The van der Waals surface area contributed by atoms with Crippen LogP contribution in [0.4, 0.5) is 0 Å². The summed E-state index contributed by atoms with van der Waals surface area (Å²) in [6, 6.07) is 23.7. The fraction of sp³-hybridized carbons (Fsp3) is 0.200. The maximum Gasteiger partial charge on any atom is 0.276 e. The first kappa shape index (κ1) is 20.6. The van der Waals surface area contributed by atoms with Crippen LogP contribution >= 0.6 is 0 Å². The van der Waals surface area contributed by atoms with Crippen LogP contribution in [0.1, 0.15) is 40.4 Å². The largest absolute Gasteiger partial charge is 0.276 e. The van der Waals surface area contributed by atoms with Gasteiger partial charge in [-0.2, -0.15) is 9.82 Å². The molecule has 6 nitrogen and oxygen atoms in total. The average Bonchev–Trinajstić information content (AvgIpc) is 3.04. The number of aryl methyl sites for hydroxylation is 1. The van der Waals surface area contributed by atoms with Gasteiger partial charge in [-0.05, 0) is 37.1 Å². The number of fused-ring (bicyclic) bond motifs is 2. The fourth-order valence-corrected chi connectivity index (χ4v) is 6.26. The number of nitrogens with one attached hydrogen (secondary N) is 1. The standard InChI is InChI=1S/C25H23N3O3S/c1-17-12-14-20(15-13-17)24(29)28-25(21-10-6-7-11-23(21)32(30,31)27-25)18(2)16-22(26-28)19-8-4-3-5-9-19/h3-15,18,27H,16H2,1-2H3/t18-,25-/m0/s1. The molecular formula is C25H23N3O3S. The molecular weight excluding hydrogens is 422 g/mol. The normalized spacial score (nSPS) is 23.6. The molecule has 0 radical (unpaired) electrons. The van der Waals surface area contributed by atoms with Gasteiger partial charge >= 0.3 is 0 Å². The number of carbonyl (C=O) groups is 1. The van der Waals surface area contributed by atoms with E-state index in [1.807, 2.05) is 56.3 Å². The molecule has 2 aliphatic heterocycles. The van der Waals surface area contributed by atoms with E-state index in [1.165, 1.54) is 5.01 Å². The number of hydrazone groups is 1. The Morgan fingerprint density at radius 2 is 1.66 bits per heavy atom. The number of rotatable bonds is 2. The van der Waals surface area contributed by atoms with Crippen molar-refractivity contribution in [2.24, 2.45) is 11.0 Å². The van der Waals surface area contributed by atoms with Crippen molar-refractivity contribution >= 4 is 21.6 Å². The van der Waals surface area contributed by atoms with Gasteiger partial charge in [-0.1, -0.05) is 73.2 Å². The zero-order chi connectivity index (χ0) is 22.5. The summed E-state index contributed by atoms with van der Waals surface area (Å²) in [5.74, 6) is -0.618. The van der Waals surface area contributed by atoms with Crippen LogP contribution in [-0.2, 0) is 15.7 Å². The highest BCUT2D eigenvalue weighted by Gasteiger charge is 2.57. The van der Waals surface area contributed by atoms with E-state index in [2.05, 4.69) is 4.72 Å². The van der Waals surface area contributed by atoms with Crippen molar-refractivity contribution in [2.45, 2.75) is 30.8 Å². The molecule has 0 bridgehead atoms. The van der Waals surface area contributed by atoms with E-state index >= 15 is 0 Å². The van der Waals surface area contributed by atoms with Crippen LogP contribution in [0, 0.1) is 12.8 Å². The van der Waals surface area contributed by atoms with E-state index in [9.17, 15) is 13.2 Å². The minimum atomic E-state index is -3.80. The van der Waals surface area contributed by atoms with Crippen LogP contribution < -0.4 is 4.72 Å². The van der Waals surface area contributed by atoms with Crippen molar-refractivity contribution in [2.75, 3.05) is 0 Å². The van der Waals surface area contributed by atoms with Gasteiger partial charge in [-0.15, -0.1) is 0 Å². The Bertz CT molecular complexity index is 1330. The molecule has 0 aliphatic carbocycles. The summed E-state index contributed by atoms with van der Waals surface area (Å²) in [5, 5.41) is 6.12. The zero-order valence-corrected chi connectivity index (χ0v) is 18.6. The molecule has 32 heavy (non-hydrogen) atoms. The van der Waals surface area contributed by atoms with Crippen LogP contribution in [-0.4, -0.2) is 25.0 Å². The Hall–Kier alpha value is -3.29. The third kappa shape index (κ3) is 3.08. The Labute approximate surface area is 187 Å². The molecule has 1 amide bonds. The van der Waals surface area contributed by atoms with Gasteiger partial charge in [0, 0.05) is 17.0 Å². The summed E-state index contributed by atoms with van der Waals surface area (Å²) >= 11 is 0. The second-order valence-electron chi connectivity index (χ2n) is 8.37. The van der Waals surface area contributed by atoms with E-state index in [0.29, 0.717) is 17.5 Å². The van der Waals surface area contributed by atoms with Crippen LogP contribution in [0.15, 0.2) is 88.9 Å². The van der Waals surface area contributed by atoms with Crippen LogP contribution in [0.5, 0.6) is 0 Å². The summed E-state index contributed by atoms with van der Waals surface area (Å²) in [5.41, 5.74) is 2.38. The first-order chi connectivity index (χ1) is 15.3. The lowest BCUT2D eigenvalue weighted by atomic mass is 9.81. The molecule has 2 heterocycles. The number of hydrogen-bond acceptors (Lipinski definition) is 4.